The number of carbonyl (C=O) groups is 1. The molecular weight excluding hydrogens is 1100 g/mol. The van der Waals surface area contributed by atoms with E-state index < -0.39 is 86.8 Å². The number of ether oxygens (including phenoxy) is 4. The van der Waals surface area contributed by atoms with E-state index >= 15 is 0 Å². The van der Waals surface area contributed by atoms with Gasteiger partial charge in [-0.3, -0.25) is 4.79 Å². The minimum Gasteiger partial charge on any atom is -0.394 e. The lowest BCUT2D eigenvalue weighted by molar-refractivity contribution is -0.359. The van der Waals surface area contributed by atoms with Crippen LogP contribution in [0, 0.1) is 0 Å². The Morgan fingerprint density at radius 3 is 1.21 bits per heavy atom. The van der Waals surface area contributed by atoms with E-state index in [1.54, 1.807) is 6.08 Å². The van der Waals surface area contributed by atoms with E-state index in [0.717, 1.165) is 44.9 Å². The molecule has 0 aromatic carbocycles. The average Bonchev–Trinajstić information content (AvgIpc) is 2.31. The first-order valence-corrected chi connectivity index (χ1v) is 36.0. The van der Waals surface area contributed by atoms with Crippen LogP contribution in [-0.4, -0.2) is 140 Å². The maximum atomic E-state index is 13.3. The normalized spacial score (nSPS) is 23.6. The van der Waals surface area contributed by atoms with Gasteiger partial charge in [-0.15, -0.1) is 0 Å². The van der Waals surface area contributed by atoms with Crippen molar-refractivity contribution >= 4 is 5.91 Å². The van der Waals surface area contributed by atoms with Crippen LogP contribution in [0.3, 0.4) is 0 Å². The molecule has 0 saturated carbocycles. The van der Waals surface area contributed by atoms with Crippen molar-refractivity contribution < 1.29 is 64.6 Å². The molecule has 508 valence electrons. The van der Waals surface area contributed by atoms with E-state index in [2.05, 4.69) is 67.8 Å². The summed E-state index contributed by atoms with van der Waals surface area (Å²) in [6, 6.07) is -0.930. The fourth-order valence-electron chi connectivity index (χ4n) is 11.7. The molecule has 0 aromatic rings. The summed E-state index contributed by atoms with van der Waals surface area (Å²) >= 11 is 0. The van der Waals surface area contributed by atoms with Crippen molar-refractivity contribution in [2.45, 2.75) is 376 Å². The summed E-state index contributed by atoms with van der Waals surface area (Å²) in [6.07, 6.45) is 60.4. The van der Waals surface area contributed by atoms with E-state index in [-0.39, 0.29) is 18.9 Å². The molecule has 2 rings (SSSR count). The highest BCUT2D eigenvalue weighted by atomic mass is 16.7. The van der Waals surface area contributed by atoms with Crippen molar-refractivity contribution in [2.24, 2.45) is 0 Å². The third kappa shape index (κ3) is 41.7. The lowest BCUT2D eigenvalue weighted by Crippen LogP contribution is -2.65. The second-order valence-corrected chi connectivity index (χ2v) is 25.4. The first-order chi connectivity index (χ1) is 42.6. The molecule has 9 N–H and O–H groups in total. The van der Waals surface area contributed by atoms with Gasteiger partial charge in [-0.05, 0) is 70.6 Å². The fraction of sp³-hybridized carbons (Fsp3) is 0.849. The highest BCUT2D eigenvalue weighted by Crippen LogP contribution is 2.30. The summed E-state index contributed by atoms with van der Waals surface area (Å²) in [5.74, 6) is -0.246. The predicted octanol–water partition coefficient (Wildman–Crippen LogP) is 14.8. The lowest BCUT2D eigenvalue weighted by Gasteiger charge is -2.46. The van der Waals surface area contributed by atoms with Crippen LogP contribution < -0.4 is 5.32 Å². The van der Waals surface area contributed by atoms with Crippen LogP contribution in [0.15, 0.2) is 60.8 Å². The van der Waals surface area contributed by atoms with E-state index in [1.807, 2.05) is 6.08 Å². The summed E-state index contributed by atoms with van der Waals surface area (Å²) in [7, 11) is 0. The minimum absolute atomic E-state index is 0.246. The Hall–Kier alpha value is -2.31. The molecule has 0 bridgehead atoms. The molecule has 0 aliphatic carbocycles. The highest BCUT2D eigenvalue weighted by molar-refractivity contribution is 5.76. The maximum absolute atomic E-state index is 13.3. The molecule has 0 spiro atoms. The topological polar surface area (TPSA) is 228 Å². The van der Waals surface area contributed by atoms with Crippen LogP contribution in [-0.2, 0) is 23.7 Å². The molecule has 2 aliphatic heterocycles. The van der Waals surface area contributed by atoms with Gasteiger partial charge in [0, 0.05) is 6.42 Å². The Morgan fingerprint density at radius 2 is 0.770 bits per heavy atom. The van der Waals surface area contributed by atoms with Gasteiger partial charge in [0.15, 0.2) is 12.6 Å². The van der Waals surface area contributed by atoms with Gasteiger partial charge in [-0.25, -0.2) is 0 Å². The van der Waals surface area contributed by atoms with Gasteiger partial charge in [0.2, 0.25) is 5.91 Å². The van der Waals surface area contributed by atoms with Crippen molar-refractivity contribution in [3.8, 4) is 0 Å². The van der Waals surface area contributed by atoms with E-state index in [1.165, 1.54) is 225 Å². The average molecular weight is 1230 g/mol. The largest absolute Gasteiger partial charge is 0.394 e. The molecule has 1 amide bonds. The van der Waals surface area contributed by atoms with E-state index in [4.69, 9.17) is 18.9 Å². The molecule has 12 atom stereocenters. The Labute approximate surface area is 530 Å². The predicted molar refractivity (Wildman–Crippen MR) is 355 cm³/mol. The highest BCUT2D eigenvalue weighted by Gasteiger charge is 2.51. The van der Waals surface area contributed by atoms with Gasteiger partial charge < -0.3 is 65.1 Å². The molecule has 14 heteroatoms. The van der Waals surface area contributed by atoms with Crippen LogP contribution in [0.4, 0.5) is 0 Å². The quantitative estimate of drug-likeness (QED) is 0.0204. The van der Waals surface area contributed by atoms with Crippen LogP contribution in [0.25, 0.3) is 0 Å². The third-order valence-electron chi connectivity index (χ3n) is 17.4. The monoisotopic (exact) mass is 1230 g/mol. The number of nitrogens with one attached hydrogen (secondary N) is 1. The molecule has 14 nitrogen and oxygen atoms in total. The molecular formula is C73H133NO13. The maximum Gasteiger partial charge on any atom is 0.220 e. The zero-order valence-electron chi connectivity index (χ0n) is 55.3. The van der Waals surface area contributed by atoms with Gasteiger partial charge in [-0.1, -0.05) is 286 Å². The van der Waals surface area contributed by atoms with Crippen molar-refractivity contribution in [1.29, 1.82) is 0 Å². The number of amides is 1. The molecule has 87 heavy (non-hydrogen) atoms. The summed E-state index contributed by atoms with van der Waals surface area (Å²) in [6.45, 7) is 2.76. The summed E-state index contributed by atoms with van der Waals surface area (Å²) in [4.78, 5) is 13.3. The first-order valence-electron chi connectivity index (χ1n) is 36.0. The first kappa shape index (κ1) is 80.8. The van der Waals surface area contributed by atoms with Crippen LogP contribution >= 0.6 is 0 Å². The van der Waals surface area contributed by atoms with E-state index in [0.29, 0.717) is 12.8 Å². The Balaban J connectivity index is 1.53. The third-order valence-corrected chi connectivity index (χ3v) is 17.4. The van der Waals surface area contributed by atoms with Gasteiger partial charge in [0.1, 0.15) is 48.8 Å². The number of unbranched alkanes of at least 4 members (excludes halogenated alkanes) is 38. The van der Waals surface area contributed by atoms with Crippen LogP contribution in [0.2, 0.25) is 0 Å². The number of aliphatic hydroxyl groups is 8. The van der Waals surface area contributed by atoms with Crippen LogP contribution in [0.1, 0.15) is 303 Å². The number of aliphatic hydroxyl groups excluding tert-OH is 8. The Kier molecular flexibility index (Phi) is 53.5. The van der Waals surface area contributed by atoms with Crippen molar-refractivity contribution in [3.63, 3.8) is 0 Å². The Bertz CT molecular complexity index is 1690. The molecule has 2 heterocycles. The number of rotatable bonds is 59. The number of carbonyl (C=O) groups excluding carboxylic acids is 1. The second kappa shape index (κ2) is 57.6. The van der Waals surface area contributed by atoms with Crippen molar-refractivity contribution in [2.75, 3.05) is 19.8 Å². The van der Waals surface area contributed by atoms with E-state index in [9.17, 15) is 45.6 Å². The summed E-state index contributed by atoms with van der Waals surface area (Å²) in [5, 5.41) is 87.1. The molecule has 2 fully saturated rings. The zero-order valence-corrected chi connectivity index (χ0v) is 55.3. The Morgan fingerprint density at radius 1 is 0.414 bits per heavy atom. The lowest BCUT2D eigenvalue weighted by atomic mass is 9.97. The molecule has 2 saturated heterocycles. The molecule has 12 unspecified atom stereocenters. The van der Waals surface area contributed by atoms with Gasteiger partial charge in [0.25, 0.3) is 0 Å². The molecule has 0 radical (unpaired) electrons. The summed E-state index contributed by atoms with van der Waals surface area (Å²) < 4.78 is 22.8. The number of hydrogen-bond acceptors (Lipinski definition) is 13. The molecule has 0 aromatic heterocycles. The number of allylic oxidation sites excluding steroid dienone is 9. The molecule has 2 aliphatic rings. The number of hydrogen-bond donors (Lipinski definition) is 9. The smallest absolute Gasteiger partial charge is 0.220 e. The summed E-state index contributed by atoms with van der Waals surface area (Å²) in [5.41, 5.74) is 0. The standard InChI is InChI=1S/C73H133NO13/c1-3-5-7-9-11-13-15-17-18-19-20-21-22-23-24-25-26-27-28-29-30-31-32-33-34-35-36-37-38-39-40-41-42-43-44-45-47-49-51-53-55-57-65(78)74-61(62(77)56-54-52-50-48-46-16-14-12-10-8-6-4-2)60-84-72-70(83)68(81)71(64(59-76)86-72)87-73-69(82)67(80)66(79)63(58-75)85-73/h15,17,19-20,22-23,46,48,54,56,61-64,66-73,75-77,79-83H,3-14,16,18,21,24-45,47,49-53,55,57-60H2,1-2H3,(H,74,78)/b17-15-,20-19-,23-22-,48-46+,56-54+. The second-order valence-electron chi connectivity index (χ2n) is 25.4. The van der Waals surface area contributed by atoms with Gasteiger partial charge in [-0.2, -0.15) is 0 Å². The van der Waals surface area contributed by atoms with Crippen LogP contribution in [0.5, 0.6) is 0 Å². The van der Waals surface area contributed by atoms with Crippen molar-refractivity contribution in [1.82, 2.24) is 5.32 Å². The van der Waals surface area contributed by atoms with Crippen molar-refractivity contribution in [3.05, 3.63) is 60.8 Å². The zero-order chi connectivity index (χ0) is 63.1. The van der Waals surface area contributed by atoms with Gasteiger partial charge in [0.05, 0.1) is 32.0 Å². The fourth-order valence-corrected chi connectivity index (χ4v) is 11.7. The SMILES string of the molecule is CCCCCCC/C=C\C/C=C\C/C=C\CCCCCCCCCCCCCCCCCCCCCCCCCCCCC(=O)NC(COC1OC(CO)C(OC2OC(CO)C(O)C(O)C2O)C(O)C1O)C(O)/C=C/CC/C=C/CCCCCCCC. The van der Waals surface area contributed by atoms with Gasteiger partial charge >= 0.3 is 0 Å². The minimum atomic E-state index is -1.79.